The Bertz CT molecular complexity index is 1360. The first kappa shape index (κ1) is 19.8. The molecule has 0 amide bonds. The van der Waals surface area contributed by atoms with Crippen LogP contribution in [0.2, 0.25) is 5.02 Å². The summed E-state index contributed by atoms with van der Waals surface area (Å²) in [6.45, 7) is -0.284. The fourth-order valence-electron chi connectivity index (χ4n) is 2.89. The Hall–Kier alpha value is -4.12. The molecule has 1 aliphatic rings. The number of rotatable bonds is 7. The summed E-state index contributed by atoms with van der Waals surface area (Å²) in [5.41, 5.74) is 0.336. The molecule has 0 fully saturated rings. The molecule has 0 spiro atoms. The van der Waals surface area contributed by atoms with E-state index in [4.69, 9.17) is 34.8 Å². The van der Waals surface area contributed by atoms with Gasteiger partial charge in [-0.3, -0.25) is 4.79 Å². The lowest BCUT2D eigenvalue weighted by molar-refractivity contribution is 0.0964. The fraction of sp³-hybridized carbons (Fsp3) is 0.150. The molecule has 2 aromatic carbocycles. The number of ether oxygens (including phenoxy) is 3. The van der Waals surface area contributed by atoms with Gasteiger partial charge in [-0.2, -0.15) is 9.67 Å². The van der Waals surface area contributed by atoms with Crippen LogP contribution in [0.3, 0.4) is 0 Å². The van der Waals surface area contributed by atoms with Gasteiger partial charge in [-0.05, 0) is 30.3 Å². The minimum atomic E-state index is -0.846. The molecule has 0 saturated carbocycles. The van der Waals surface area contributed by atoms with Crippen LogP contribution in [0.25, 0.3) is 11.8 Å². The average Bonchev–Trinajstić information content (AvgIpc) is 3.53. The molecule has 0 aliphatic carbocycles. The van der Waals surface area contributed by atoms with Crippen molar-refractivity contribution in [1.82, 2.24) is 19.9 Å². The van der Waals surface area contributed by atoms with Crippen LogP contribution in [0.1, 0.15) is 16.2 Å². The number of nitrogens with zero attached hydrogens (tertiary/aromatic N) is 4. The summed E-state index contributed by atoms with van der Waals surface area (Å²) in [5.74, 6) is 0.0892. The second-order valence-electron chi connectivity index (χ2n) is 6.56. The van der Waals surface area contributed by atoms with Crippen molar-refractivity contribution in [2.75, 3.05) is 6.79 Å². The topological polar surface area (TPSA) is 132 Å². The third-order valence-corrected chi connectivity index (χ3v) is 4.75. The van der Waals surface area contributed by atoms with Crippen LogP contribution in [0.5, 0.6) is 17.2 Å². The van der Waals surface area contributed by atoms with Crippen LogP contribution in [-0.4, -0.2) is 32.5 Å². The number of para-hydroxylation sites is 1. The molecule has 5 rings (SSSR count). The van der Waals surface area contributed by atoms with E-state index in [2.05, 4.69) is 15.2 Å². The van der Waals surface area contributed by atoms with E-state index in [1.807, 2.05) is 0 Å². The van der Waals surface area contributed by atoms with Crippen LogP contribution in [-0.2, 0) is 13.2 Å². The molecule has 0 saturated heterocycles. The molecular formula is C20H13ClN4O7. The van der Waals surface area contributed by atoms with Crippen molar-refractivity contribution < 1.29 is 27.9 Å². The Morgan fingerprint density at radius 3 is 2.84 bits per heavy atom. The Labute approximate surface area is 184 Å². The van der Waals surface area contributed by atoms with E-state index in [1.165, 1.54) is 0 Å². The molecule has 162 valence electrons. The van der Waals surface area contributed by atoms with Gasteiger partial charge in [0, 0.05) is 5.56 Å². The van der Waals surface area contributed by atoms with Gasteiger partial charge in [0.1, 0.15) is 12.3 Å². The normalized spacial score (nSPS) is 12.2. The van der Waals surface area contributed by atoms with Gasteiger partial charge in [0.05, 0.1) is 5.02 Å². The minimum Gasteiger partial charge on any atom is -0.484 e. The number of Topliss-reactive ketones (excluding diaryl/α,β-unsaturated/α-hetero) is 1. The summed E-state index contributed by atoms with van der Waals surface area (Å²) in [7, 11) is 0. The molecule has 3 heterocycles. The monoisotopic (exact) mass is 456 g/mol. The van der Waals surface area contributed by atoms with Gasteiger partial charge in [0.15, 0.2) is 23.9 Å². The highest BCUT2D eigenvalue weighted by molar-refractivity contribution is 6.32. The number of hydrogen-bond donors (Lipinski definition) is 0. The summed E-state index contributed by atoms with van der Waals surface area (Å²) in [4.78, 5) is 28.8. The molecule has 0 N–H and O–H groups in total. The molecule has 0 unspecified atom stereocenters. The minimum absolute atomic E-state index is 0.0270. The lowest BCUT2D eigenvalue weighted by Crippen LogP contribution is -2.21. The summed E-state index contributed by atoms with van der Waals surface area (Å²) in [5, 5.41) is 8.16. The summed E-state index contributed by atoms with van der Waals surface area (Å²) in [6, 6.07) is 11.7. The number of halogens is 1. The first-order chi connectivity index (χ1) is 15.6. The highest BCUT2D eigenvalue weighted by atomic mass is 35.5. The molecule has 0 bridgehead atoms. The highest BCUT2D eigenvalue weighted by Gasteiger charge is 2.21. The number of aromatic nitrogens is 4. The van der Waals surface area contributed by atoms with E-state index in [1.54, 1.807) is 42.5 Å². The highest BCUT2D eigenvalue weighted by Crippen LogP contribution is 2.32. The maximum absolute atomic E-state index is 12.5. The number of ketones is 1. The second kappa shape index (κ2) is 8.19. The standard InChI is InChI=1S/C20H13ClN4O7/c21-12-3-1-2-4-14(12)28-9-17-22-18(32-24-17)19-23-25(20(27)31-19)8-13(26)11-5-6-15-16(7-11)30-10-29-15/h1-7H,8-10H2. The van der Waals surface area contributed by atoms with Crippen LogP contribution in [0, 0.1) is 0 Å². The number of carbonyl (C=O) groups excluding carboxylic acids is 1. The Kier molecular flexibility index (Phi) is 5.07. The molecule has 12 heteroatoms. The molecule has 0 atom stereocenters. The van der Waals surface area contributed by atoms with Crippen molar-refractivity contribution in [2.45, 2.75) is 13.2 Å². The summed E-state index contributed by atoms with van der Waals surface area (Å²) in [6.07, 6.45) is 0. The van der Waals surface area contributed by atoms with Crippen LogP contribution in [0.4, 0.5) is 0 Å². The average molecular weight is 457 g/mol. The zero-order valence-electron chi connectivity index (χ0n) is 16.2. The van der Waals surface area contributed by atoms with E-state index in [0.717, 1.165) is 4.68 Å². The third-order valence-electron chi connectivity index (χ3n) is 4.44. The van der Waals surface area contributed by atoms with Gasteiger partial charge in [-0.1, -0.05) is 28.9 Å². The summed E-state index contributed by atoms with van der Waals surface area (Å²) < 4.78 is 27.0. The molecule has 4 aromatic rings. The van der Waals surface area contributed by atoms with Gasteiger partial charge in [-0.25, -0.2) is 4.79 Å². The van der Waals surface area contributed by atoms with Crippen molar-refractivity contribution >= 4 is 17.4 Å². The maximum atomic E-state index is 12.5. The lowest BCUT2D eigenvalue weighted by Gasteiger charge is -2.04. The van der Waals surface area contributed by atoms with Crippen molar-refractivity contribution in [3.63, 3.8) is 0 Å². The van der Waals surface area contributed by atoms with Crippen molar-refractivity contribution in [1.29, 1.82) is 0 Å². The number of benzene rings is 2. The predicted octanol–water partition coefficient (Wildman–Crippen LogP) is 2.73. The van der Waals surface area contributed by atoms with Gasteiger partial charge in [0.25, 0.3) is 0 Å². The van der Waals surface area contributed by atoms with Gasteiger partial charge in [-0.15, -0.1) is 5.10 Å². The Morgan fingerprint density at radius 2 is 1.97 bits per heavy atom. The third kappa shape index (κ3) is 3.93. The Balaban J connectivity index is 1.28. The van der Waals surface area contributed by atoms with Gasteiger partial charge in [0.2, 0.25) is 12.6 Å². The molecule has 1 aliphatic heterocycles. The number of carbonyl (C=O) groups is 1. The number of fused-ring (bicyclic) bond motifs is 1. The number of hydrogen-bond acceptors (Lipinski definition) is 10. The van der Waals surface area contributed by atoms with E-state index in [0.29, 0.717) is 27.8 Å². The van der Waals surface area contributed by atoms with Crippen molar-refractivity contribution in [3.05, 3.63) is 69.4 Å². The van der Waals surface area contributed by atoms with E-state index in [-0.39, 0.29) is 43.3 Å². The smallest absolute Gasteiger partial charge is 0.437 e. The van der Waals surface area contributed by atoms with Crippen LogP contribution >= 0.6 is 11.6 Å². The van der Waals surface area contributed by atoms with E-state index < -0.39 is 5.76 Å². The predicted molar refractivity (Wildman–Crippen MR) is 107 cm³/mol. The molecule has 32 heavy (non-hydrogen) atoms. The maximum Gasteiger partial charge on any atom is 0.437 e. The molecular weight excluding hydrogens is 444 g/mol. The van der Waals surface area contributed by atoms with Crippen molar-refractivity contribution in [2.24, 2.45) is 0 Å². The quantitative estimate of drug-likeness (QED) is 0.382. The van der Waals surface area contributed by atoms with Crippen LogP contribution < -0.4 is 20.0 Å². The first-order valence-electron chi connectivity index (χ1n) is 9.28. The summed E-state index contributed by atoms with van der Waals surface area (Å²) >= 11 is 6.03. The van der Waals surface area contributed by atoms with E-state index >= 15 is 0 Å². The van der Waals surface area contributed by atoms with Crippen molar-refractivity contribution in [3.8, 4) is 29.0 Å². The van der Waals surface area contributed by atoms with Crippen LogP contribution in [0.15, 0.2) is 56.2 Å². The van der Waals surface area contributed by atoms with Gasteiger partial charge < -0.3 is 23.2 Å². The molecule has 2 aromatic heterocycles. The fourth-order valence-corrected chi connectivity index (χ4v) is 3.08. The molecule has 11 nitrogen and oxygen atoms in total. The SMILES string of the molecule is O=C(Cn1nc(-c2nc(COc3ccccc3Cl)no2)oc1=O)c1ccc2c(c1)OCO2. The lowest BCUT2D eigenvalue weighted by atomic mass is 10.1. The first-order valence-corrected chi connectivity index (χ1v) is 9.66. The second-order valence-corrected chi connectivity index (χ2v) is 6.96. The zero-order valence-corrected chi connectivity index (χ0v) is 16.9. The zero-order chi connectivity index (χ0) is 22.1. The molecule has 0 radical (unpaired) electrons. The largest absolute Gasteiger partial charge is 0.484 e. The van der Waals surface area contributed by atoms with E-state index in [9.17, 15) is 9.59 Å². The Morgan fingerprint density at radius 1 is 1.12 bits per heavy atom. The van der Waals surface area contributed by atoms with Gasteiger partial charge >= 0.3 is 17.5 Å².